The van der Waals surface area contributed by atoms with Crippen molar-refractivity contribution >= 4 is 28.6 Å². The molecule has 2 fully saturated rings. The molecule has 0 spiro atoms. The lowest BCUT2D eigenvalue weighted by molar-refractivity contribution is -0.274. The lowest BCUT2D eigenvalue weighted by atomic mass is 10.0. The summed E-state index contributed by atoms with van der Waals surface area (Å²) < 4.78 is 42.6. The number of carbonyl (C=O) groups is 1. The highest BCUT2D eigenvalue weighted by Crippen LogP contribution is 2.41. The summed E-state index contributed by atoms with van der Waals surface area (Å²) in [6, 6.07) is 17.3. The first-order valence-corrected chi connectivity index (χ1v) is 14.8. The van der Waals surface area contributed by atoms with Gasteiger partial charge < -0.3 is 15.0 Å². The van der Waals surface area contributed by atoms with E-state index in [0.29, 0.717) is 11.5 Å². The molecule has 222 valence electrons. The van der Waals surface area contributed by atoms with Crippen molar-refractivity contribution in [3.05, 3.63) is 89.2 Å². The second-order valence-electron chi connectivity index (χ2n) is 10.7. The third kappa shape index (κ3) is 6.53. The molecule has 1 aromatic heterocycles. The fourth-order valence-corrected chi connectivity index (χ4v) is 6.44. The fourth-order valence-electron chi connectivity index (χ4n) is 5.50. The van der Waals surface area contributed by atoms with E-state index in [1.807, 2.05) is 24.3 Å². The fraction of sp³-hybridized carbons (Fsp3) is 0.290. The minimum Gasteiger partial charge on any atom is -0.406 e. The van der Waals surface area contributed by atoms with Gasteiger partial charge in [0.05, 0.1) is 5.69 Å². The summed E-state index contributed by atoms with van der Waals surface area (Å²) in [7, 11) is 0. The predicted molar refractivity (Wildman–Crippen MR) is 161 cm³/mol. The Morgan fingerprint density at radius 1 is 1.05 bits per heavy atom. The first-order chi connectivity index (χ1) is 20.5. The van der Waals surface area contributed by atoms with Gasteiger partial charge in [0.1, 0.15) is 12.1 Å². The number of rotatable bonds is 6. The Kier molecular flexibility index (Phi) is 7.63. The van der Waals surface area contributed by atoms with Crippen molar-refractivity contribution in [3.63, 3.8) is 0 Å². The van der Waals surface area contributed by atoms with Crippen LogP contribution in [0.2, 0.25) is 0 Å². The summed E-state index contributed by atoms with van der Waals surface area (Å²) >= 11 is 1.60. The number of thioether (sulfide) groups is 1. The molecule has 3 aromatic carbocycles. The van der Waals surface area contributed by atoms with Crippen LogP contribution < -0.4 is 15.0 Å². The molecule has 2 unspecified atom stereocenters. The number of benzene rings is 3. The van der Waals surface area contributed by atoms with Crippen molar-refractivity contribution in [3.8, 4) is 22.8 Å². The van der Waals surface area contributed by atoms with Crippen molar-refractivity contribution in [2.24, 2.45) is 4.99 Å². The average molecular weight is 607 g/mol. The molecule has 6 rings (SSSR count). The van der Waals surface area contributed by atoms with E-state index in [1.165, 1.54) is 52.0 Å². The molecule has 2 atom stereocenters. The van der Waals surface area contributed by atoms with Crippen LogP contribution in [0.1, 0.15) is 34.6 Å². The van der Waals surface area contributed by atoms with Crippen molar-refractivity contribution in [2.45, 2.75) is 45.5 Å². The maximum Gasteiger partial charge on any atom is 0.573 e. The molecule has 4 aromatic rings. The summed E-state index contributed by atoms with van der Waals surface area (Å²) in [4.78, 5) is 23.8. The summed E-state index contributed by atoms with van der Waals surface area (Å²) in [6.07, 6.45) is -2.41. The second-order valence-corrected chi connectivity index (χ2v) is 11.8. The highest BCUT2D eigenvalue weighted by atomic mass is 32.2. The topological polar surface area (TPSA) is 84.6 Å². The van der Waals surface area contributed by atoms with Crippen LogP contribution in [0.5, 0.6) is 5.75 Å². The number of amidine groups is 1. The number of aliphatic imine (C=N–C) groups is 1. The van der Waals surface area contributed by atoms with Gasteiger partial charge in [-0.15, -0.1) is 18.3 Å². The van der Waals surface area contributed by atoms with E-state index in [2.05, 4.69) is 62.9 Å². The van der Waals surface area contributed by atoms with Crippen molar-refractivity contribution in [2.75, 3.05) is 17.2 Å². The Balaban J connectivity index is 1.06. The number of ether oxygens (including phenoxy) is 1. The summed E-state index contributed by atoms with van der Waals surface area (Å²) in [5.41, 5.74) is 7.14. The van der Waals surface area contributed by atoms with Gasteiger partial charge in [0.25, 0.3) is 0 Å². The van der Waals surface area contributed by atoms with Crippen LogP contribution in [-0.4, -0.2) is 50.7 Å². The van der Waals surface area contributed by atoms with E-state index < -0.39 is 6.36 Å². The molecule has 1 saturated heterocycles. The lowest BCUT2D eigenvalue weighted by Gasteiger charge is -2.23. The Morgan fingerprint density at radius 3 is 2.42 bits per heavy atom. The third-order valence-corrected chi connectivity index (χ3v) is 8.36. The second kappa shape index (κ2) is 11.4. The first-order valence-electron chi connectivity index (χ1n) is 13.8. The number of hydrogen-bond donors (Lipinski definition) is 1. The van der Waals surface area contributed by atoms with E-state index in [4.69, 9.17) is 0 Å². The van der Waals surface area contributed by atoms with Crippen LogP contribution in [-0.2, 0) is 0 Å². The highest BCUT2D eigenvalue weighted by molar-refractivity contribution is 8.14. The van der Waals surface area contributed by atoms with E-state index in [0.717, 1.165) is 40.7 Å². The molecule has 12 heteroatoms. The summed E-state index contributed by atoms with van der Waals surface area (Å²) in [5, 5.41) is 8.24. The van der Waals surface area contributed by atoms with Gasteiger partial charge in [-0.3, -0.25) is 0 Å². The molecule has 1 saturated carbocycles. The van der Waals surface area contributed by atoms with Crippen LogP contribution in [0.15, 0.2) is 72.0 Å². The number of nitrogens with zero attached hydrogens (tertiary/aromatic N) is 5. The molecule has 8 nitrogen and oxygen atoms in total. The maximum atomic E-state index is 12.9. The largest absolute Gasteiger partial charge is 0.573 e. The van der Waals surface area contributed by atoms with Gasteiger partial charge in [-0.25, -0.2) is 14.5 Å². The van der Waals surface area contributed by atoms with Gasteiger partial charge in [0.15, 0.2) is 11.0 Å². The number of alkyl halides is 3. The van der Waals surface area contributed by atoms with E-state index in [1.54, 1.807) is 11.8 Å². The van der Waals surface area contributed by atoms with Crippen LogP contribution in [0.4, 0.5) is 23.7 Å². The Hall–Kier alpha value is -4.32. The molecular weight excluding hydrogens is 577 g/mol. The monoisotopic (exact) mass is 606 g/mol. The minimum atomic E-state index is -4.74. The lowest BCUT2D eigenvalue weighted by Crippen LogP contribution is -2.29. The van der Waals surface area contributed by atoms with Gasteiger partial charge in [0.2, 0.25) is 0 Å². The van der Waals surface area contributed by atoms with E-state index in [9.17, 15) is 18.0 Å². The van der Waals surface area contributed by atoms with Gasteiger partial charge in [-0.2, -0.15) is 4.99 Å². The smallest absolute Gasteiger partial charge is 0.406 e. The number of urea groups is 1. The van der Waals surface area contributed by atoms with Crippen LogP contribution in [0.3, 0.4) is 0 Å². The van der Waals surface area contributed by atoms with Crippen molar-refractivity contribution in [1.82, 2.24) is 20.1 Å². The molecule has 2 aliphatic rings. The van der Waals surface area contributed by atoms with Gasteiger partial charge >= 0.3 is 12.4 Å². The van der Waals surface area contributed by atoms with Crippen molar-refractivity contribution < 1.29 is 22.7 Å². The Labute approximate surface area is 251 Å². The Morgan fingerprint density at radius 2 is 1.74 bits per heavy atom. The van der Waals surface area contributed by atoms with Gasteiger partial charge in [-0.1, -0.05) is 53.7 Å². The third-order valence-electron chi connectivity index (χ3n) is 7.40. The number of halogens is 3. The van der Waals surface area contributed by atoms with Crippen molar-refractivity contribution in [1.29, 1.82) is 0 Å². The first kappa shape index (κ1) is 28.8. The molecule has 1 aliphatic heterocycles. The van der Waals surface area contributed by atoms with Crippen LogP contribution in [0.25, 0.3) is 17.1 Å². The van der Waals surface area contributed by atoms with E-state index >= 15 is 0 Å². The number of aromatic nitrogens is 3. The number of amides is 2. The maximum absolute atomic E-state index is 12.9. The number of hydrogen-bond acceptors (Lipinski definition) is 5. The zero-order chi connectivity index (χ0) is 30.3. The number of nitrogens with one attached hydrogen (secondary N) is 1. The molecule has 1 N–H and O–H groups in total. The highest BCUT2D eigenvalue weighted by Gasteiger charge is 2.40. The number of anilines is 1. The molecule has 2 heterocycles. The molecule has 0 bridgehead atoms. The molecular formula is C31H29F3N6O2S. The minimum absolute atomic E-state index is 0.0204. The predicted octanol–water partition coefficient (Wildman–Crippen LogP) is 6.93. The zero-order valence-corrected chi connectivity index (χ0v) is 24.5. The van der Waals surface area contributed by atoms with Crippen LogP contribution >= 0.6 is 11.8 Å². The average Bonchev–Trinajstić information content (AvgIpc) is 3.29. The van der Waals surface area contributed by atoms with Crippen LogP contribution in [0, 0.1) is 20.8 Å². The normalized spacial score (nSPS) is 19.1. The zero-order valence-electron chi connectivity index (χ0n) is 23.7. The molecule has 0 radical (unpaired) electrons. The quantitative estimate of drug-likeness (QED) is 0.256. The van der Waals surface area contributed by atoms with E-state index in [-0.39, 0.29) is 23.7 Å². The SMILES string of the molecule is Cc1cc(C)c(N2CCSC2=NC(=O)NC2CC2c2ccc(-c3ncn(-c4ccc(OC(F)(F)F)cc4)n3)cc2)c(C)c1. The summed E-state index contributed by atoms with van der Waals surface area (Å²) in [6.45, 7) is 7.09. The summed E-state index contributed by atoms with van der Waals surface area (Å²) in [5.74, 6) is 1.26. The Bertz CT molecular complexity index is 1660. The molecule has 1 aliphatic carbocycles. The number of carbonyl (C=O) groups excluding carboxylic acids is 1. The number of aryl methyl sites for hydroxylation is 3. The van der Waals surface area contributed by atoms with Gasteiger partial charge in [-0.05, 0) is 68.1 Å². The standard InChI is InChI=1S/C31H29F3N6O2S/c1-18-14-19(2)27(20(3)15-18)39-12-13-43-30(39)37-29(41)36-26-16-25(26)21-4-6-22(7-5-21)28-35-17-40(38-28)23-8-10-24(11-9-23)42-31(32,33)34/h4-11,14-15,17,25-26H,12-13,16H2,1-3H3,(H,36,41). The van der Waals surface area contributed by atoms with Gasteiger partial charge in [0, 0.05) is 35.5 Å². The molecule has 43 heavy (non-hydrogen) atoms. The molecule has 2 amide bonds.